The van der Waals surface area contributed by atoms with Crippen LogP contribution in [-0.4, -0.2) is 57.1 Å². The van der Waals surface area contributed by atoms with E-state index in [-0.39, 0.29) is 24.2 Å². The van der Waals surface area contributed by atoms with E-state index in [0.717, 1.165) is 47.9 Å². The van der Waals surface area contributed by atoms with Crippen LogP contribution in [0.15, 0.2) is 48.5 Å². The fourth-order valence-corrected chi connectivity index (χ4v) is 5.00. The van der Waals surface area contributed by atoms with Gasteiger partial charge in [0, 0.05) is 12.6 Å². The molecule has 10 heteroatoms. The summed E-state index contributed by atoms with van der Waals surface area (Å²) in [5.41, 5.74) is 0.507. The molecule has 1 aliphatic rings. The van der Waals surface area contributed by atoms with Crippen molar-refractivity contribution in [3.63, 3.8) is 0 Å². The molecule has 1 fully saturated rings. The molecule has 1 atom stereocenters. The van der Waals surface area contributed by atoms with Crippen molar-refractivity contribution in [3.05, 3.63) is 59.9 Å². The molecule has 1 N–H and O–H groups in total. The highest BCUT2D eigenvalue weighted by atomic mass is 32.2. The Kier molecular flexibility index (Phi) is 8.71. The summed E-state index contributed by atoms with van der Waals surface area (Å²) in [6, 6.07) is 11.6. The molecule has 0 radical (unpaired) electrons. The van der Waals surface area contributed by atoms with Gasteiger partial charge in [0.1, 0.15) is 24.2 Å². The normalized spacial score (nSPS) is 14.9. The summed E-state index contributed by atoms with van der Waals surface area (Å²) in [5.74, 6) is -1.06. The number of hydrogen-bond acceptors (Lipinski definition) is 5. The highest BCUT2D eigenvalue weighted by Gasteiger charge is 2.32. The van der Waals surface area contributed by atoms with Gasteiger partial charge in [0.15, 0.2) is 0 Å². The summed E-state index contributed by atoms with van der Waals surface area (Å²) in [6.07, 6.45) is 4.77. The van der Waals surface area contributed by atoms with Crippen molar-refractivity contribution in [1.29, 1.82) is 0 Å². The molecule has 2 aromatic rings. The van der Waals surface area contributed by atoms with Crippen molar-refractivity contribution in [2.24, 2.45) is 0 Å². The van der Waals surface area contributed by atoms with Gasteiger partial charge in [0.05, 0.1) is 19.1 Å². The fraction of sp³-hybridized carbons (Fsp3) is 0.440. The lowest BCUT2D eigenvalue weighted by atomic mass is 10.1. The molecular formula is C25H32FN3O5S. The summed E-state index contributed by atoms with van der Waals surface area (Å²) < 4.78 is 45.4. The fourth-order valence-electron chi connectivity index (χ4n) is 4.15. The van der Waals surface area contributed by atoms with Crippen molar-refractivity contribution >= 4 is 27.5 Å². The van der Waals surface area contributed by atoms with Gasteiger partial charge in [0.2, 0.25) is 21.8 Å². The van der Waals surface area contributed by atoms with Crippen LogP contribution in [0.3, 0.4) is 0 Å². The van der Waals surface area contributed by atoms with E-state index in [1.807, 2.05) is 0 Å². The second-order valence-electron chi connectivity index (χ2n) is 8.76. The molecule has 35 heavy (non-hydrogen) atoms. The maximum absolute atomic E-state index is 14.4. The molecule has 1 saturated carbocycles. The van der Waals surface area contributed by atoms with Gasteiger partial charge in [0.25, 0.3) is 0 Å². The quantitative estimate of drug-likeness (QED) is 0.535. The molecule has 2 amide bonds. The van der Waals surface area contributed by atoms with Gasteiger partial charge < -0.3 is 15.0 Å². The van der Waals surface area contributed by atoms with Gasteiger partial charge in [-0.3, -0.25) is 13.9 Å². The van der Waals surface area contributed by atoms with Gasteiger partial charge in [-0.1, -0.05) is 37.1 Å². The highest BCUT2D eigenvalue weighted by Crippen LogP contribution is 2.23. The lowest BCUT2D eigenvalue weighted by Crippen LogP contribution is -2.52. The summed E-state index contributed by atoms with van der Waals surface area (Å²) in [5, 5.41) is 3.00. The lowest BCUT2D eigenvalue weighted by Gasteiger charge is -2.32. The van der Waals surface area contributed by atoms with E-state index < -0.39 is 34.3 Å². The van der Waals surface area contributed by atoms with Crippen molar-refractivity contribution in [2.45, 2.75) is 51.2 Å². The third kappa shape index (κ3) is 6.94. The number of methoxy groups -OCH3 is 1. The number of ether oxygens (including phenoxy) is 1. The molecule has 1 unspecified atom stereocenters. The molecule has 3 rings (SSSR count). The molecule has 0 aliphatic heterocycles. The van der Waals surface area contributed by atoms with Crippen LogP contribution in [0, 0.1) is 5.82 Å². The van der Waals surface area contributed by atoms with Crippen LogP contribution in [0.4, 0.5) is 10.1 Å². The number of anilines is 1. The van der Waals surface area contributed by atoms with Gasteiger partial charge in [-0.25, -0.2) is 12.8 Å². The zero-order valence-corrected chi connectivity index (χ0v) is 21.1. The number of nitrogens with one attached hydrogen (secondary N) is 1. The topological polar surface area (TPSA) is 96.0 Å². The zero-order chi connectivity index (χ0) is 25.6. The minimum absolute atomic E-state index is 0.0637. The number of carbonyl (C=O) groups is 2. The number of sulfonamides is 1. The Bertz CT molecular complexity index is 1130. The molecule has 0 bridgehead atoms. The van der Waals surface area contributed by atoms with E-state index in [1.165, 1.54) is 23.1 Å². The lowest BCUT2D eigenvalue weighted by molar-refractivity contribution is -0.139. The third-order valence-electron chi connectivity index (χ3n) is 6.18. The second-order valence-corrected chi connectivity index (χ2v) is 10.7. The van der Waals surface area contributed by atoms with Crippen molar-refractivity contribution < 1.29 is 27.1 Å². The van der Waals surface area contributed by atoms with Gasteiger partial charge in [-0.05, 0) is 49.6 Å². The predicted octanol–water partition coefficient (Wildman–Crippen LogP) is 3.08. The minimum Gasteiger partial charge on any atom is -0.497 e. The van der Waals surface area contributed by atoms with E-state index in [0.29, 0.717) is 5.75 Å². The maximum atomic E-state index is 14.4. The summed E-state index contributed by atoms with van der Waals surface area (Å²) in [6.45, 7) is 1.04. The Balaban J connectivity index is 1.88. The number of amides is 2. The first-order valence-corrected chi connectivity index (χ1v) is 13.4. The molecule has 1 aliphatic carbocycles. The van der Waals surface area contributed by atoms with Crippen LogP contribution >= 0.6 is 0 Å². The second kappa shape index (κ2) is 11.5. The number of hydrogen-bond donors (Lipinski definition) is 1. The zero-order valence-electron chi connectivity index (χ0n) is 20.2. The maximum Gasteiger partial charge on any atom is 0.244 e. The number of benzene rings is 2. The monoisotopic (exact) mass is 505 g/mol. The Hall–Kier alpha value is -3.14. The standard InChI is InChI=1S/C25H32FN3O5S/c1-18(25(31)27-20-8-4-5-9-20)28(16-19-12-14-21(34-2)15-13-19)24(30)17-29(35(3,32)33)23-11-7-6-10-22(23)26/h6-7,10-15,18,20H,4-5,8-9,16-17H2,1-3H3,(H,27,31). The molecule has 0 saturated heterocycles. The van der Waals surface area contributed by atoms with E-state index in [9.17, 15) is 22.4 Å². The van der Waals surface area contributed by atoms with Crippen molar-refractivity contribution in [1.82, 2.24) is 10.2 Å². The van der Waals surface area contributed by atoms with E-state index in [2.05, 4.69) is 5.32 Å². The van der Waals surface area contributed by atoms with Crippen LogP contribution in [0.2, 0.25) is 0 Å². The van der Waals surface area contributed by atoms with Crippen LogP contribution in [0.5, 0.6) is 5.75 Å². The first-order valence-electron chi connectivity index (χ1n) is 11.5. The van der Waals surface area contributed by atoms with Gasteiger partial charge in [-0.2, -0.15) is 0 Å². The molecule has 0 heterocycles. The summed E-state index contributed by atoms with van der Waals surface area (Å²) in [7, 11) is -2.44. The number of nitrogens with zero attached hydrogens (tertiary/aromatic N) is 2. The predicted molar refractivity (Wildman–Crippen MR) is 132 cm³/mol. The largest absolute Gasteiger partial charge is 0.497 e. The highest BCUT2D eigenvalue weighted by molar-refractivity contribution is 7.92. The molecule has 2 aromatic carbocycles. The average Bonchev–Trinajstić information content (AvgIpc) is 3.33. The summed E-state index contributed by atoms with van der Waals surface area (Å²) >= 11 is 0. The summed E-state index contributed by atoms with van der Waals surface area (Å²) in [4.78, 5) is 27.8. The molecular weight excluding hydrogens is 473 g/mol. The molecule has 0 aromatic heterocycles. The van der Waals surface area contributed by atoms with E-state index in [1.54, 1.807) is 38.3 Å². The van der Waals surface area contributed by atoms with Gasteiger partial charge >= 0.3 is 0 Å². The van der Waals surface area contributed by atoms with Crippen LogP contribution < -0.4 is 14.4 Å². The number of para-hydroxylation sites is 1. The molecule has 8 nitrogen and oxygen atoms in total. The number of carbonyl (C=O) groups excluding carboxylic acids is 2. The number of rotatable bonds is 10. The Labute approximate surface area is 206 Å². The molecule has 0 spiro atoms. The minimum atomic E-state index is -3.99. The van der Waals surface area contributed by atoms with Gasteiger partial charge in [-0.15, -0.1) is 0 Å². The van der Waals surface area contributed by atoms with Crippen LogP contribution in [0.25, 0.3) is 0 Å². The number of halogens is 1. The first kappa shape index (κ1) is 26.5. The van der Waals surface area contributed by atoms with Crippen molar-refractivity contribution in [3.8, 4) is 5.75 Å². The third-order valence-corrected chi connectivity index (χ3v) is 7.31. The Morgan fingerprint density at radius 1 is 1.11 bits per heavy atom. The smallest absolute Gasteiger partial charge is 0.244 e. The molecule has 190 valence electrons. The Morgan fingerprint density at radius 2 is 1.74 bits per heavy atom. The average molecular weight is 506 g/mol. The van der Waals surface area contributed by atoms with E-state index >= 15 is 0 Å². The van der Waals surface area contributed by atoms with Crippen molar-refractivity contribution in [2.75, 3.05) is 24.2 Å². The van der Waals surface area contributed by atoms with Crippen LogP contribution in [-0.2, 0) is 26.2 Å². The first-order chi connectivity index (χ1) is 16.6. The Morgan fingerprint density at radius 3 is 2.31 bits per heavy atom. The SMILES string of the molecule is COc1ccc(CN(C(=O)CN(c2ccccc2F)S(C)(=O)=O)C(C)C(=O)NC2CCCC2)cc1. The van der Waals surface area contributed by atoms with Crippen LogP contribution in [0.1, 0.15) is 38.2 Å². The van der Waals surface area contributed by atoms with E-state index in [4.69, 9.17) is 4.74 Å².